The maximum atomic E-state index is 13.0. The molecule has 0 unspecified atom stereocenters. The number of anilines is 1. The quantitative estimate of drug-likeness (QED) is 0.578. The molecule has 2 aliphatic rings. The van der Waals surface area contributed by atoms with Crippen molar-refractivity contribution >= 4 is 28.2 Å². The van der Waals surface area contributed by atoms with E-state index in [-0.39, 0.29) is 12.5 Å². The summed E-state index contributed by atoms with van der Waals surface area (Å²) in [6.45, 7) is 2.48. The Morgan fingerprint density at radius 3 is 2.67 bits per heavy atom. The van der Waals surface area contributed by atoms with Crippen molar-refractivity contribution in [2.75, 3.05) is 25.6 Å². The Bertz CT molecular complexity index is 1180. The zero-order valence-corrected chi connectivity index (χ0v) is 19.0. The van der Waals surface area contributed by atoms with Gasteiger partial charge in [-0.2, -0.15) is 0 Å². The molecule has 0 bridgehead atoms. The fourth-order valence-electron chi connectivity index (χ4n) is 4.18. The van der Waals surface area contributed by atoms with Crippen molar-refractivity contribution in [1.29, 1.82) is 0 Å². The van der Waals surface area contributed by atoms with Crippen LogP contribution in [0.15, 0.2) is 54.6 Å². The van der Waals surface area contributed by atoms with Crippen LogP contribution < -0.4 is 14.8 Å². The molecule has 0 aliphatic carbocycles. The number of hydrogen-bond donors (Lipinski definition) is 1. The SMILES string of the molecule is COC(=O)c1c(NC(=O)[C@@H]2COc3ccccc3O2)sc2c1CCN(Cc1ccccc1)C2. The van der Waals surface area contributed by atoms with Crippen LogP contribution in [0.25, 0.3) is 0 Å². The third-order valence-corrected chi connectivity index (χ3v) is 6.94. The van der Waals surface area contributed by atoms with Gasteiger partial charge in [-0.05, 0) is 29.7 Å². The lowest BCUT2D eigenvalue weighted by Crippen LogP contribution is -2.40. The number of thiophene rings is 1. The van der Waals surface area contributed by atoms with Crippen molar-refractivity contribution in [3.8, 4) is 11.5 Å². The molecule has 2 aliphatic heterocycles. The average Bonchev–Trinajstić information content (AvgIpc) is 3.20. The second-order valence-corrected chi connectivity index (χ2v) is 9.10. The largest absolute Gasteiger partial charge is 0.485 e. The van der Waals surface area contributed by atoms with E-state index in [0.717, 1.165) is 30.0 Å². The standard InChI is InChI=1S/C25H24N2O5S/c1-30-25(29)22-17-11-12-27(13-16-7-3-2-4-8-16)14-21(17)33-24(22)26-23(28)20-15-31-18-9-5-6-10-19(18)32-20/h2-10,20H,11-15H2,1H3,(H,26,28)/t20-/m0/s1. The Morgan fingerprint density at radius 1 is 1.12 bits per heavy atom. The number of fused-ring (bicyclic) bond motifs is 2. The first-order valence-corrected chi connectivity index (χ1v) is 11.6. The summed E-state index contributed by atoms with van der Waals surface area (Å²) in [5, 5.41) is 3.40. The van der Waals surface area contributed by atoms with Gasteiger partial charge in [0.05, 0.1) is 12.7 Å². The third-order valence-electron chi connectivity index (χ3n) is 5.81. The van der Waals surface area contributed by atoms with Crippen molar-refractivity contribution in [2.24, 2.45) is 0 Å². The van der Waals surface area contributed by atoms with E-state index in [4.69, 9.17) is 14.2 Å². The fourth-order valence-corrected chi connectivity index (χ4v) is 5.46. The van der Waals surface area contributed by atoms with Gasteiger partial charge in [0, 0.05) is 24.5 Å². The lowest BCUT2D eigenvalue weighted by Gasteiger charge is -2.27. The highest BCUT2D eigenvalue weighted by molar-refractivity contribution is 7.17. The number of nitrogens with one attached hydrogen (secondary N) is 1. The first kappa shape index (κ1) is 21.5. The van der Waals surface area contributed by atoms with Gasteiger partial charge in [0.25, 0.3) is 5.91 Å². The third kappa shape index (κ3) is 4.44. The van der Waals surface area contributed by atoms with E-state index in [1.54, 1.807) is 12.1 Å². The van der Waals surface area contributed by atoms with E-state index in [2.05, 4.69) is 22.3 Å². The number of carbonyl (C=O) groups is 2. The minimum Gasteiger partial charge on any atom is -0.485 e. The molecule has 3 heterocycles. The summed E-state index contributed by atoms with van der Waals surface area (Å²) in [5.74, 6) is 0.348. The van der Waals surface area contributed by atoms with Gasteiger partial charge in [0.1, 0.15) is 11.6 Å². The van der Waals surface area contributed by atoms with Crippen LogP contribution in [0.4, 0.5) is 5.00 Å². The van der Waals surface area contributed by atoms with Gasteiger partial charge in [-0.15, -0.1) is 11.3 Å². The highest BCUT2D eigenvalue weighted by Crippen LogP contribution is 2.38. The molecule has 0 saturated carbocycles. The van der Waals surface area contributed by atoms with E-state index < -0.39 is 12.1 Å². The Balaban J connectivity index is 1.35. The summed E-state index contributed by atoms with van der Waals surface area (Å²) in [5.41, 5.74) is 2.65. The van der Waals surface area contributed by atoms with Gasteiger partial charge in [-0.3, -0.25) is 9.69 Å². The summed E-state index contributed by atoms with van der Waals surface area (Å²) < 4.78 is 16.5. The molecule has 3 aromatic rings. The molecule has 0 spiro atoms. The zero-order chi connectivity index (χ0) is 22.8. The summed E-state index contributed by atoms with van der Waals surface area (Å²) in [6.07, 6.45) is -0.0887. The normalized spacial score (nSPS) is 17.2. The van der Waals surface area contributed by atoms with E-state index in [1.165, 1.54) is 24.0 Å². The van der Waals surface area contributed by atoms with Crippen molar-refractivity contribution in [1.82, 2.24) is 4.90 Å². The highest BCUT2D eigenvalue weighted by Gasteiger charge is 2.32. The molecular formula is C25H24N2O5S. The number of esters is 1. The number of benzene rings is 2. The van der Waals surface area contributed by atoms with Gasteiger partial charge in [0.2, 0.25) is 6.10 Å². The van der Waals surface area contributed by atoms with Crippen LogP contribution in [0.3, 0.4) is 0 Å². The number of hydrogen-bond acceptors (Lipinski definition) is 7. The number of para-hydroxylation sites is 2. The van der Waals surface area contributed by atoms with Crippen molar-refractivity contribution < 1.29 is 23.8 Å². The maximum Gasteiger partial charge on any atom is 0.341 e. The maximum absolute atomic E-state index is 13.0. The van der Waals surface area contributed by atoms with Crippen molar-refractivity contribution in [2.45, 2.75) is 25.6 Å². The molecule has 0 saturated heterocycles. The summed E-state index contributed by atoms with van der Waals surface area (Å²) in [4.78, 5) is 29.0. The number of amides is 1. The molecule has 170 valence electrons. The molecule has 2 aromatic carbocycles. The first-order chi connectivity index (χ1) is 16.1. The molecule has 1 atom stereocenters. The number of ether oxygens (including phenoxy) is 3. The van der Waals surface area contributed by atoms with Gasteiger partial charge in [-0.1, -0.05) is 42.5 Å². The molecule has 0 fully saturated rings. The minimum atomic E-state index is -0.806. The van der Waals surface area contributed by atoms with Crippen molar-refractivity contribution in [3.63, 3.8) is 0 Å². The molecule has 1 amide bonds. The molecule has 8 heteroatoms. The van der Waals surface area contributed by atoms with Crippen LogP contribution in [-0.2, 0) is 29.0 Å². The Labute approximate surface area is 195 Å². The highest BCUT2D eigenvalue weighted by atomic mass is 32.1. The topological polar surface area (TPSA) is 77.1 Å². The molecular weight excluding hydrogens is 440 g/mol. The second kappa shape index (κ2) is 9.25. The lowest BCUT2D eigenvalue weighted by molar-refractivity contribution is -0.125. The number of methoxy groups -OCH3 is 1. The van der Waals surface area contributed by atoms with Crippen molar-refractivity contribution in [3.05, 3.63) is 76.2 Å². The Kier molecular flexibility index (Phi) is 6.02. The monoisotopic (exact) mass is 464 g/mol. The lowest BCUT2D eigenvalue weighted by atomic mass is 10.0. The van der Waals surface area contributed by atoms with Crippen LogP contribution in [-0.4, -0.2) is 43.1 Å². The Morgan fingerprint density at radius 2 is 1.88 bits per heavy atom. The molecule has 0 radical (unpaired) electrons. The van der Waals surface area contributed by atoms with Gasteiger partial charge >= 0.3 is 5.97 Å². The number of nitrogens with zero attached hydrogens (tertiary/aromatic N) is 1. The van der Waals surface area contributed by atoms with E-state index in [0.29, 0.717) is 28.6 Å². The van der Waals surface area contributed by atoms with Crippen LogP contribution >= 0.6 is 11.3 Å². The Hall–Kier alpha value is -3.36. The van der Waals surface area contributed by atoms with Crippen LogP contribution in [0, 0.1) is 0 Å². The van der Waals surface area contributed by atoms with Gasteiger partial charge in [-0.25, -0.2) is 4.79 Å². The molecule has 33 heavy (non-hydrogen) atoms. The van der Waals surface area contributed by atoms with Crippen LogP contribution in [0.1, 0.15) is 26.4 Å². The predicted molar refractivity (Wildman–Crippen MR) is 125 cm³/mol. The summed E-state index contributed by atoms with van der Waals surface area (Å²) in [6, 6.07) is 17.5. The van der Waals surface area contributed by atoms with E-state index in [9.17, 15) is 9.59 Å². The zero-order valence-electron chi connectivity index (χ0n) is 18.2. The number of rotatable bonds is 5. The second-order valence-electron chi connectivity index (χ2n) is 8.00. The summed E-state index contributed by atoms with van der Waals surface area (Å²) in [7, 11) is 1.36. The molecule has 1 N–H and O–H groups in total. The summed E-state index contributed by atoms with van der Waals surface area (Å²) >= 11 is 1.43. The van der Waals surface area contributed by atoms with E-state index in [1.807, 2.05) is 30.3 Å². The fraction of sp³-hybridized carbons (Fsp3) is 0.280. The predicted octanol–water partition coefficient (Wildman–Crippen LogP) is 3.87. The van der Waals surface area contributed by atoms with Crippen LogP contribution in [0.2, 0.25) is 0 Å². The molecule has 7 nitrogen and oxygen atoms in total. The smallest absolute Gasteiger partial charge is 0.341 e. The number of carbonyl (C=O) groups excluding carboxylic acids is 2. The molecule has 5 rings (SSSR count). The van der Waals surface area contributed by atoms with E-state index >= 15 is 0 Å². The van der Waals surface area contributed by atoms with Crippen LogP contribution in [0.5, 0.6) is 11.5 Å². The average molecular weight is 465 g/mol. The van der Waals surface area contributed by atoms with Gasteiger partial charge < -0.3 is 19.5 Å². The minimum absolute atomic E-state index is 0.104. The molecule has 1 aromatic heterocycles. The first-order valence-electron chi connectivity index (χ1n) is 10.8. The van der Waals surface area contributed by atoms with Gasteiger partial charge in [0.15, 0.2) is 11.5 Å².